The van der Waals surface area contributed by atoms with Crippen LogP contribution in [0.1, 0.15) is 45.4 Å². The number of morpholine rings is 1. The molecule has 1 N–H and O–H groups in total. The highest BCUT2D eigenvalue weighted by molar-refractivity contribution is 6.02. The molecule has 3 aliphatic rings. The van der Waals surface area contributed by atoms with Crippen LogP contribution in [0.5, 0.6) is 5.75 Å². The quantitative estimate of drug-likeness (QED) is 0.708. The topological polar surface area (TPSA) is 88.2 Å². The van der Waals surface area contributed by atoms with Crippen molar-refractivity contribution in [3.8, 4) is 5.75 Å². The van der Waals surface area contributed by atoms with Crippen LogP contribution in [0.25, 0.3) is 0 Å². The van der Waals surface area contributed by atoms with Gasteiger partial charge in [-0.15, -0.1) is 0 Å². The number of benzene rings is 2. The number of amides is 3. The SMILES string of the molecule is [2H]C1([2H])CN(Cc2ccc(COc3cccc4c3CN(C3CCC(=C)NC3=O)C4=O)cc2)C(=O)C([2H])([2H])O1. The van der Waals surface area contributed by atoms with Crippen LogP contribution in [0, 0.1) is 0 Å². The predicted octanol–water partition coefficient (Wildman–Crippen LogP) is 2.37. The second kappa shape index (κ2) is 9.30. The molecular formula is C26H27N3O5. The number of fused-ring (bicyclic) bond motifs is 1. The molecule has 8 nitrogen and oxygen atoms in total. The zero-order valence-electron chi connectivity index (χ0n) is 22.5. The fraction of sp³-hybridized carbons (Fsp3) is 0.346. The molecule has 3 heterocycles. The van der Waals surface area contributed by atoms with Crippen molar-refractivity contribution in [3.05, 3.63) is 77.0 Å². The maximum atomic E-state index is 13.0. The van der Waals surface area contributed by atoms with Crippen molar-refractivity contribution in [1.29, 1.82) is 0 Å². The van der Waals surface area contributed by atoms with Crippen LogP contribution < -0.4 is 10.1 Å². The van der Waals surface area contributed by atoms with E-state index in [1.807, 2.05) is 12.1 Å². The number of ether oxygens (including phenoxy) is 2. The largest absolute Gasteiger partial charge is 0.489 e. The Morgan fingerprint density at radius 1 is 1.15 bits per heavy atom. The van der Waals surface area contributed by atoms with Gasteiger partial charge in [0.2, 0.25) is 11.8 Å². The van der Waals surface area contributed by atoms with Crippen molar-refractivity contribution < 1.29 is 29.3 Å². The lowest BCUT2D eigenvalue weighted by molar-refractivity contribution is -0.143. The Bertz CT molecular complexity index is 1310. The van der Waals surface area contributed by atoms with Crippen LogP contribution in [0.2, 0.25) is 0 Å². The normalized spacial score (nSPS) is 25.1. The second-order valence-electron chi connectivity index (χ2n) is 8.48. The monoisotopic (exact) mass is 465 g/mol. The summed E-state index contributed by atoms with van der Waals surface area (Å²) >= 11 is 0. The van der Waals surface area contributed by atoms with Crippen LogP contribution in [0.4, 0.5) is 0 Å². The first-order valence-electron chi connectivity index (χ1n) is 13.1. The molecule has 176 valence electrons. The van der Waals surface area contributed by atoms with E-state index < -0.39 is 25.1 Å². The van der Waals surface area contributed by atoms with Crippen LogP contribution in [0.15, 0.2) is 54.7 Å². The van der Waals surface area contributed by atoms with Crippen LogP contribution >= 0.6 is 0 Å². The summed E-state index contributed by atoms with van der Waals surface area (Å²) in [6, 6.07) is 11.9. The average Bonchev–Trinajstić information content (AvgIpc) is 3.18. The van der Waals surface area contributed by atoms with Gasteiger partial charge in [0.1, 0.15) is 25.0 Å². The number of hydrogen-bond donors (Lipinski definition) is 1. The van der Waals surface area contributed by atoms with Crippen molar-refractivity contribution in [3.63, 3.8) is 0 Å². The van der Waals surface area contributed by atoms with E-state index >= 15 is 0 Å². The van der Waals surface area contributed by atoms with E-state index in [-0.39, 0.29) is 38.1 Å². The number of hydrogen-bond acceptors (Lipinski definition) is 5. The Kier molecular flexibility index (Phi) is 4.86. The molecule has 2 saturated heterocycles. The first-order chi connectivity index (χ1) is 17.9. The maximum absolute atomic E-state index is 13.0. The number of piperidine rings is 1. The summed E-state index contributed by atoms with van der Waals surface area (Å²) in [4.78, 5) is 40.5. The third kappa shape index (κ3) is 4.41. The van der Waals surface area contributed by atoms with E-state index in [0.717, 1.165) is 16.0 Å². The molecule has 2 aromatic rings. The minimum absolute atomic E-state index is 0.0363. The summed E-state index contributed by atoms with van der Waals surface area (Å²) in [7, 11) is 0. The van der Waals surface area contributed by atoms with Crippen LogP contribution in [-0.4, -0.2) is 53.2 Å². The Hall–Kier alpha value is -3.65. The van der Waals surface area contributed by atoms with Gasteiger partial charge in [-0.2, -0.15) is 0 Å². The molecule has 0 spiro atoms. The molecule has 0 aliphatic carbocycles. The first-order valence-corrected chi connectivity index (χ1v) is 11.1. The molecule has 0 radical (unpaired) electrons. The van der Waals surface area contributed by atoms with Crippen LogP contribution in [-0.2, 0) is 34.0 Å². The van der Waals surface area contributed by atoms with E-state index in [2.05, 4.69) is 16.6 Å². The highest BCUT2D eigenvalue weighted by atomic mass is 16.5. The number of rotatable bonds is 6. The van der Waals surface area contributed by atoms with Gasteiger partial charge in [0.15, 0.2) is 0 Å². The Balaban J connectivity index is 1.23. The number of nitrogens with zero attached hydrogens (tertiary/aromatic N) is 2. The van der Waals surface area contributed by atoms with E-state index in [1.165, 1.54) is 0 Å². The molecule has 3 aliphatic heterocycles. The molecule has 34 heavy (non-hydrogen) atoms. The maximum Gasteiger partial charge on any atom is 0.255 e. The Morgan fingerprint density at radius 2 is 1.94 bits per heavy atom. The zero-order valence-corrected chi connectivity index (χ0v) is 18.5. The molecule has 5 rings (SSSR count). The van der Waals surface area contributed by atoms with Gasteiger partial charge in [-0.05, 0) is 36.1 Å². The predicted molar refractivity (Wildman–Crippen MR) is 124 cm³/mol. The van der Waals surface area contributed by atoms with Gasteiger partial charge in [-0.25, -0.2) is 0 Å². The van der Waals surface area contributed by atoms with Crippen molar-refractivity contribution in [2.45, 2.75) is 38.6 Å². The van der Waals surface area contributed by atoms with Crippen LogP contribution in [0.3, 0.4) is 0 Å². The van der Waals surface area contributed by atoms with E-state index in [9.17, 15) is 14.4 Å². The molecule has 8 heteroatoms. The number of nitrogens with one attached hydrogen (secondary N) is 1. The van der Waals surface area contributed by atoms with Crippen molar-refractivity contribution in [2.75, 3.05) is 19.7 Å². The average molecular weight is 466 g/mol. The van der Waals surface area contributed by atoms with Crippen molar-refractivity contribution in [1.82, 2.24) is 15.1 Å². The van der Waals surface area contributed by atoms with Crippen molar-refractivity contribution in [2.24, 2.45) is 0 Å². The minimum atomic E-state index is -2.72. The molecule has 0 saturated carbocycles. The van der Waals surface area contributed by atoms with Gasteiger partial charge < -0.3 is 24.6 Å². The first kappa shape index (κ1) is 17.8. The lowest BCUT2D eigenvalue weighted by Gasteiger charge is -2.31. The van der Waals surface area contributed by atoms with E-state index in [0.29, 0.717) is 35.4 Å². The third-order valence-electron chi connectivity index (χ3n) is 6.20. The highest BCUT2D eigenvalue weighted by Gasteiger charge is 2.39. The molecule has 1 unspecified atom stereocenters. The molecule has 2 aromatic carbocycles. The molecule has 2 fully saturated rings. The van der Waals surface area contributed by atoms with Gasteiger partial charge in [0.05, 0.1) is 18.6 Å². The Morgan fingerprint density at radius 3 is 2.74 bits per heavy atom. The fourth-order valence-electron chi connectivity index (χ4n) is 4.35. The smallest absolute Gasteiger partial charge is 0.255 e. The summed E-state index contributed by atoms with van der Waals surface area (Å²) in [6.45, 7) is -1.05. The molecule has 1 atom stereocenters. The summed E-state index contributed by atoms with van der Waals surface area (Å²) in [5, 5.41) is 2.73. The van der Waals surface area contributed by atoms with Gasteiger partial charge in [0.25, 0.3) is 5.91 Å². The van der Waals surface area contributed by atoms with Gasteiger partial charge in [0, 0.05) is 29.9 Å². The number of allylic oxidation sites excluding steroid dienone is 1. The number of carbonyl (C=O) groups excluding carboxylic acids is 3. The molecule has 0 bridgehead atoms. The summed E-state index contributed by atoms with van der Waals surface area (Å²) < 4.78 is 41.5. The summed E-state index contributed by atoms with van der Waals surface area (Å²) in [6.07, 6.45) is 1.15. The van der Waals surface area contributed by atoms with E-state index in [4.69, 9.17) is 10.2 Å². The highest BCUT2D eigenvalue weighted by Crippen LogP contribution is 2.34. The third-order valence-corrected chi connectivity index (χ3v) is 6.20. The van der Waals surface area contributed by atoms with Crippen molar-refractivity contribution >= 4 is 17.7 Å². The molecular weight excluding hydrogens is 434 g/mol. The number of carbonyl (C=O) groups is 3. The molecule has 0 aromatic heterocycles. The standard InChI is InChI=1S/C26H27N3O5/c1-17-5-10-22(25(31)27-17)29-14-21-20(26(29)32)3-2-4-23(21)34-15-19-8-6-18(7-9-19)13-28-11-12-33-16-24(28)30/h2-4,6-9,22H,1,5,10-16H2,(H,27,31)/i12D2,16D2. The Labute approximate surface area is 203 Å². The zero-order chi connectivity index (χ0) is 27.2. The van der Waals surface area contributed by atoms with Gasteiger partial charge >= 0.3 is 0 Å². The lowest BCUT2D eigenvalue weighted by atomic mass is 10.0. The van der Waals surface area contributed by atoms with Gasteiger partial charge in [-0.1, -0.05) is 36.9 Å². The minimum Gasteiger partial charge on any atom is -0.489 e. The fourth-order valence-corrected chi connectivity index (χ4v) is 4.35. The second-order valence-corrected chi connectivity index (χ2v) is 8.48. The van der Waals surface area contributed by atoms with Gasteiger partial charge in [-0.3, -0.25) is 14.4 Å². The summed E-state index contributed by atoms with van der Waals surface area (Å²) in [5.41, 5.74) is 3.44. The lowest BCUT2D eigenvalue weighted by Crippen LogP contribution is -2.49. The van der Waals surface area contributed by atoms with E-state index in [1.54, 1.807) is 35.2 Å². The summed E-state index contributed by atoms with van der Waals surface area (Å²) in [5.74, 6) is -0.784. The molecule has 3 amide bonds.